The number of oxime groups is 1. The van der Waals surface area contributed by atoms with Crippen LogP contribution in [0.4, 0.5) is 0 Å². The molecular weight excluding hydrogens is 194 g/mol. The van der Waals surface area contributed by atoms with Crippen molar-refractivity contribution in [1.82, 2.24) is 4.98 Å². The van der Waals surface area contributed by atoms with Crippen LogP contribution in [0.5, 0.6) is 0 Å². The van der Waals surface area contributed by atoms with E-state index in [1.165, 1.54) is 0 Å². The maximum absolute atomic E-state index is 8.48. The highest BCUT2D eigenvalue weighted by Crippen LogP contribution is 2.03. The van der Waals surface area contributed by atoms with Gasteiger partial charge in [0.1, 0.15) is 5.69 Å². The lowest BCUT2D eigenvalue weighted by Gasteiger charge is -2.04. The molecule has 0 fully saturated rings. The van der Waals surface area contributed by atoms with E-state index in [-0.39, 0.29) is 5.84 Å². The van der Waals surface area contributed by atoms with Crippen molar-refractivity contribution >= 4 is 5.84 Å². The van der Waals surface area contributed by atoms with E-state index < -0.39 is 0 Å². The second-order valence-corrected chi connectivity index (χ2v) is 3.09. The van der Waals surface area contributed by atoms with E-state index in [9.17, 15) is 0 Å². The fraction of sp³-hybridized carbons (Fsp3) is 0.400. The van der Waals surface area contributed by atoms with Gasteiger partial charge in [-0.05, 0) is 24.1 Å². The van der Waals surface area contributed by atoms with Gasteiger partial charge in [-0.2, -0.15) is 0 Å². The predicted molar refractivity (Wildman–Crippen MR) is 56.7 cm³/mol. The summed E-state index contributed by atoms with van der Waals surface area (Å²) in [7, 11) is 0. The first-order chi connectivity index (χ1) is 7.27. The van der Waals surface area contributed by atoms with Crippen molar-refractivity contribution < 1.29 is 9.94 Å². The van der Waals surface area contributed by atoms with Crippen molar-refractivity contribution in [3.63, 3.8) is 0 Å². The summed E-state index contributed by atoms with van der Waals surface area (Å²) in [6, 6.07) is 3.58. The lowest BCUT2D eigenvalue weighted by atomic mass is 10.2. The summed E-state index contributed by atoms with van der Waals surface area (Å²) < 4.78 is 5.37. The molecule has 0 bridgehead atoms. The number of amidine groups is 1. The molecule has 82 valence electrons. The SMILES string of the molecule is CCCOCc1ccnc(C(N)=NO)c1. The van der Waals surface area contributed by atoms with Gasteiger partial charge >= 0.3 is 0 Å². The molecule has 0 radical (unpaired) electrons. The van der Waals surface area contributed by atoms with Gasteiger partial charge in [0, 0.05) is 12.8 Å². The van der Waals surface area contributed by atoms with Crippen LogP contribution in [0.1, 0.15) is 24.6 Å². The maximum Gasteiger partial charge on any atom is 0.188 e. The molecule has 15 heavy (non-hydrogen) atoms. The molecule has 3 N–H and O–H groups in total. The second-order valence-electron chi connectivity index (χ2n) is 3.09. The summed E-state index contributed by atoms with van der Waals surface area (Å²) >= 11 is 0. The molecule has 0 spiro atoms. The first-order valence-electron chi connectivity index (χ1n) is 4.78. The van der Waals surface area contributed by atoms with Crippen LogP contribution in [0, 0.1) is 0 Å². The van der Waals surface area contributed by atoms with E-state index in [0.717, 1.165) is 18.6 Å². The third-order valence-corrected chi connectivity index (χ3v) is 1.81. The fourth-order valence-corrected chi connectivity index (χ4v) is 1.09. The van der Waals surface area contributed by atoms with E-state index in [1.807, 2.05) is 13.0 Å². The number of hydrogen-bond acceptors (Lipinski definition) is 4. The zero-order valence-electron chi connectivity index (χ0n) is 8.68. The smallest absolute Gasteiger partial charge is 0.188 e. The number of pyridine rings is 1. The molecule has 0 aliphatic carbocycles. The molecule has 1 heterocycles. The van der Waals surface area contributed by atoms with Gasteiger partial charge in [0.15, 0.2) is 5.84 Å². The molecule has 0 unspecified atom stereocenters. The topological polar surface area (TPSA) is 80.7 Å². The Kier molecular flexibility index (Phi) is 4.56. The van der Waals surface area contributed by atoms with Crippen molar-refractivity contribution in [2.45, 2.75) is 20.0 Å². The van der Waals surface area contributed by atoms with Crippen LogP contribution in [-0.4, -0.2) is 22.6 Å². The lowest BCUT2D eigenvalue weighted by Crippen LogP contribution is -2.15. The van der Waals surface area contributed by atoms with Crippen LogP contribution in [0.25, 0.3) is 0 Å². The van der Waals surface area contributed by atoms with Gasteiger partial charge < -0.3 is 15.7 Å². The largest absolute Gasteiger partial charge is 0.409 e. The first-order valence-corrected chi connectivity index (χ1v) is 4.78. The van der Waals surface area contributed by atoms with Gasteiger partial charge in [-0.15, -0.1) is 0 Å². The van der Waals surface area contributed by atoms with Crippen LogP contribution in [-0.2, 0) is 11.3 Å². The Bertz CT molecular complexity index is 339. The Balaban J connectivity index is 2.66. The summed E-state index contributed by atoms with van der Waals surface area (Å²) in [5.74, 6) is 0.00680. The molecule has 0 saturated carbocycles. The first kappa shape index (κ1) is 11.5. The van der Waals surface area contributed by atoms with Crippen LogP contribution in [0.3, 0.4) is 0 Å². The van der Waals surface area contributed by atoms with Crippen molar-refractivity contribution in [1.29, 1.82) is 0 Å². The van der Waals surface area contributed by atoms with E-state index in [0.29, 0.717) is 12.3 Å². The Morgan fingerprint density at radius 3 is 3.13 bits per heavy atom. The second kappa shape index (κ2) is 5.98. The maximum atomic E-state index is 8.48. The Morgan fingerprint density at radius 1 is 1.67 bits per heavy atom. The van der Waals surface area contributed by atoms with Crippen molar-refractivity contribution in [2.75, 3.05) is 6.61 Å². The highest BCUT2D eigenvalue weighted by molar-refractivity contribution is 5.95. The molecule has 1 aromatic rings. The number of nitrogens with zero attached hydrogens (tertiary/aromatic N) is 2. The zero-order chi connectivity index (χ0) is 11.1. The Labute approximate surface area is 88.6 Å². The minimum absolute atomic E-state index is 0.00680. The van der Waals surface area contributed by atoms with Gasteiger partial charge in [-0.25, -0.2) is 0 Å². The van der Waals surface area contributed by atoms with Gasteiger partial charge in [0.25, 0.3) is 0 Å². The molecule has 0 atom stereocenters. The molecule has 0 aliphatic rings. The van der Waals surface area contributed by atoms with Crippen molar-refractivity contribution in [3.8, 4) is 0 Å². The van der Waals surface area contributed by atoms with Gasteiger partial charge in [0.05, 0.1) is 6.61 Å². The number of ether oxygens (including phenoxy) is 1. The Hall–Kier alpha value is -1.62. The van der Waals surface area contributed by atoms with E-state index in [2.05, 4.69) is 10.1 Å². The summed E-state index contributed by atoms with van der Waals surface area (Å²) in [6.07, 6.45) is 2.59. The summed E-state index contributed by atoms with van der Waals surface area (Å²) in [6.45, 7) is 3.29. The van der Waals surface area contributed by atoms with Crippen LogP contribution >= 0.6 is 0 Å². The zero-order valence-corrected chi connectivity index (χ0v) is 8.68. The summed E-state index contributed by atoms with van der Waals surface area (Å²) in [5.41, 5.74) is 6.83. The number of hydrogen-bond donors (Lipinski definition) is 2. The number of aromatic nitrogens is 1. The summed E-state index contributed by atoms with van der Waals surface area (Å²) in [5, 5.41) is 11.4. The van der Waals surface area contributed by atoms with Crippen molar-refractivity contribution in [2.24, 2.45) is 10.9 Å². The monoisotopic (exact) mass is 209 g/mol. The molecule has 0 aliphatic heterocycles. The standard InChI is InChI=1S/C10H15N3O2/c1-2-5-15-7-8-3-4-12-9(6-8)10(11)13-14/h3-4,6,14H,2,5,7H2,1H3,(H2,11,13). The summed E-state index contributed by atoms with van der Waals surface area (Å²) in [4.78, 5) is 3.97. The molecule has 0 saturated heterocycles. The number of nitrogens with two attached hydrogens (primary N) is 1. The van der Waals surface area contributed by atoms with Crippen LogP contribution in [0.15, 0.2) is 23.5 Å². The highest BCUT2D eigenvalue weighted by Gasteiger charge is 2.01. The molecule has 0 amide bonds. The minimum atomic E-state index is 0.00680. The fourth-order valence-electron chi connectivity index (χ4n) is 1.09. The van der Waals surface area contributed by atoms with Crippen molar-refractivity contribution in [3.05, 3.63) is 29.6 Å². The highest BCUT2D eigenvalue weighted by atomic mass is 16.5. The van der Waals surface area contributed by atoms with Gasteiger partial charge in [0.2, 0.25) is 0 Å². The molecule has 1 rings (SSSR count). The third-order valence-electron chi connectivity index (χ3n) is 1.81. The molecular formula is C10H15N3O2. The lowest BCUT2D eigenvalue weighted by molar-refractivity contribution is 0.121. The third kappa shape index (κ3) is 3.55. The molecule has 1 aromatic heterocycles. The number of rotatable bonds is 5. The molecule has 5 nitrogen and oxygen atoms in total. The van der Waals surface area contributed by atoms with Gasteiger partial charge in [-0.1, -0.05) is 12.1 Å². The average molecular weight is 209 g/mol. The van der Waals surface area contributed by atoms with E-state index >= 15 is 0 Å². The van der Waals surface area contributed by atoms with Crippen LogP contribution in [0.2, 0.25) is 0 Å². The van der Waals surface area contributed by atoms with Crippen LogP contribution < -0.4 is 5.73 Å². The quantitative estimate of drug-likeness (QED) is 0.250. The molecule has 5 heteroatoms. The average Bonchev–Trinajstić information content (AvgIpc) is 2.29. The normalized spacial score (nSPS) is 11.7. The molecule has 0 aromatic carbocycles. The minimum Gasteiger partial charge on any atom is -0.409 e. The van der Waals surface area contributed by atoms with E-state index in [1.54, 1.807) is 12.3 Å². The van der Waals surface area contributed by atoms with Gasteiger partial charge in [-0.3, -0.25) is 4.98 Å². The predicted octanol–water partition coefficient (Wildman–Crippen LogP) is 1.10. The van der Waals surface area contributed by atoms with E-state index in [4.69, 9.17) is 15.7 Å². The Morgan fingerprint density at radius 2 is 2.47 bits per heavy atom.